The summed E-state index contributed by atoms with van der Waals surface area (Å²) in [5.74, 6) is 0.958. The Hall–Kier alpha value is -0.170. The van der Waals surface area contributed by atoms with Gasteiger partial charge in [-0.25, -0.2) is 0 Å². The van der Waals surface area contributed by atoms with Crippen LogP contribution in [0, 0.1) is 11.8 Å². The summed E-state index contributed by atoms with van der Waals surface area (Å²) in [4.78, 5) is 0. The molecule has 0 aromatic heterocycles. The molecule has 0 aromatic carbocycles. The van der Waals surface area contributed by atoms with Crippen molar-refractivity contribution in [3.8, 4) is 0 Å². The van der Waals surface area contributed by atoms with Crippen LogP contribution in [0.4, 0.5) is 0 Å². The summed E-state index contributed by atoms with van der Waals surface area (Å²) in [7, 11) is -1.37. The molecular weight excluding hydrogens is 262 g/mol. The van der Waals surface area contributed by atoms with Gasteiger partial charge in [0.1, 0.15) is 0 Å². The molecule has 0 bridgehead atoms. The molecule has 0 spiro atoms. The van der Waals surface area contributed by atoms with Gasteiger partial charge in [0.05, 0.1) is 0 Å². The average molecular weight is 291 g/mol. The van der Waals surface area contributed by atoms with E-state index in [1.807, 2.05) is 14.0 Å². The van der Waals surface area contributed by atoms with E-state index in [0.29, 0.717) is 24.9 Å². The smallest absolute Gasteiger partial charge is 0.279 e. The molecule has 2 unspecified atom stereocenters. The minimum Gasteiger partial charge on any atom is -0.319 e. The van der Waals surface area contributed by atoms with Gasteiger partial charge in [-0.15, -0.1) is 0 Å². The molecule has 0 amide bonds. The van der Waals surface area contributed by atoms with E-state index in [-0.39, 0.29) is 6.04 Å². The summed E-state index contributed by atoms with van der Waals surface area (Å²) < 4.78 is 29.0. The van der Waals surface area contributed by atoms with Crippen molar-refractivity contribution in [2.75, 3.05) is 26.7 Å². The zero-order valence-electron chi connectivity index (χ0n) is 12.6. The van der Waals surface area contributed by atoms with E-state index in [1.54, 1.807) is 4.31 Å². The first kappa shape index (κ1) is 16.9. The van der Waals surface area contributed by atoms with E-state index in [2.05, 4.69) is 23.9 Å². The van der Waals surface area contributed by atoms with Crippen LogP contribution in [0.1, 0.15) is 40.0 Å². The third-order valence-electron chi connectivity index (χ3n) is 4.24. The second-order valence-electron chi connectivity index (χ2n) is 5.70. The normalized spacial score (nSPS) is 22.3. The van der Waals surface area contributed by atoms with Crippen molar-refractivity contribution in [3.05, 3.63) is 0 Å². The van der Waals surface area contributed by atoms with Crippen molar-refractivity contribution in [1.82, 2.24) is 14.3 Å². The highest BCUT2D eigenvalue weighted by Gasteiger charge is 2.29. The predicted molar refractivity (Wildman–Crippen MR) is 79.2 cm³/mol. The molecule has 1 aliphatic heterocycles. The summed E-state index contributed by atoms with van der Waals surface area (Å²) in [5.41, 5.74) is 0. The Bertz CT molecular complexity index is 351. The van der Waals surface area contributed by atoms with Crippen LogP contribution in [0.25, 0.3) is 0 Å². The number of hydrogen-bond acceptors (Lipinski definition) is 3. The molecule has 1 saturated heterocycles. The highest BCUT2D eigenvalue weighted by Crippen LogP contribution is 2.19. The van der Waals surface area contributed by atoms with Gasteiger partial charge in [0, 0.05) is 19.1 Å². The summed E-state index contributed by atoms with van der Waals surface area (Å²) in [6.45, 7) is 8.35. The Morgan fingerprint density at radius 1 is 1.26 bits per heavy atom. The molecule has 19 heavy (non-hydrogen) atoms. The van der Waals surface area contributed by atoms with E-state index in [9.17, 15) is 8.42 Å². The van der Waals surface area contributed by atoms with Crippen molar-refractivity contribution < 1.29 is 8.42 Å². The van der Waals surface area contributed by atoms with Crippen LogP contribution in [0.15, 0.2) is 0 Å². The maximum Gasteiger partial charge on any atom is 0.279 e. The lowest BCUT2D eigenvalue weighted by molar-refractivity contribution is 0.265. The summed E-state index contributed by atoms with van der Waals surface area (Å²) in [6, 6.07) is -0.00923. The van der Waals surface area contributed by atoms with Crippen LogP contribution in [0.2, 0.25) is 0 Å². The number of hydrogen-bond donors (Lipinski definition) is 2. The van der Waals surface area contributed by atoms with Crippen molar-refractivity contribution >= 4 is 10.2 Å². The molecule has 0 aromatic rings. The van der Waals surface area contributed by atoms with Crippen LogP contribution in [-0.4, -0.2) is 45.4 Å². The lowest BCUT2D eigenvalue weighted by Crippen LogP contribution is -2.49. The first-order valence-electron chi connectivity index (χ1n) is 7.32. The van der Waals surface area contributed by atoms with Gasteiger partial charge in [-0.05, 0) is 45.2 Å². The minimum absolute atomic E-state index is 0.00923. The van der Waals surface area contributed by atoms with E-state index in [4.69, 9.17) is 0 Å². The van der Waals surface area contributed by atoms with Gasteiger partial charge in [-0.1, -0.05) is 20.3 Å². The SMILES string of the molecule is CCC(C)C(C)NS(=O)(=O)N1CCC(CNC)CC1. The number of rotatable bonds is 7. The van der Waals surface area contributed by atoms with Crippen molar-refractivity contribution in [2.45, 2.75) is 46.1 Å². The molecule has 5 nitrogen and oxygen atoms in total. The van der Waals surface area contributed by atoms with Crippen LogP contribution < -0.4 is 10.0 Å². The van der Waals surface area contributed by atoms with Crippen molar-refractivity contribution in [2.24, 2.45) is 11.8 Å². The Morgan fingerprint density at radius 3 is 2.32 bits per heavy atom. The van der Waals surface area contributed by atoms with Crippen LogP contribution >= 0.6 is 0 Å². The van der Waals surface area contributed by atoms with E-state index in [1.165, 1.54) is 0 Å². The highest BCUT2D eigenvalue weighted by atomic mass is 32.2. The highest BCUT2D eigenvalue weighted by molar-refractivity contribution is 7.87. The first-order valence-corrected chi connectivity index (χ1v) is 8.76. The Kier molecular flexibility index (Phi) is 6.73. The van der Waals surface area contributed by atoms with E-state index < -0.39 is 10.2 Å². The van der Waals surface area contributed by atoms with Gasteiger partial charge in [0.25, 0.3) is 10.2 Å². The second-order valence-corrected chi connectivity index (χ2v) is 7.40. The molecule has 1 fully saturated rings. The van der Waals surface area contributed by atoms with E-state index in [0.717, 1.165) is 25.8 Å². The number of nitrogens with one attached hydrogen (secondary N) is 2. The third-order valence-corrected chi connectivity index (χ3v) is 5.95. The zero-order valence-corrected chi connectivity index (χ0v) is 13.5. The molecule has 6 heteroatoms. The number of piperidine rings is 1. The molecule has 2 N–H and O–H groups in total. The second kappa shape index (κ2) is 7.57. The van der Waals surface area contributed by atoms with Crippen molar-refractivity contribution in [1.29, 1.82) is 0 Å². The maximum absolute atomic E-state index is 12.3. The summed E-state index contributed by atoms with van der Waals surface area (Å²) in [5, 5.41) is 3.16. The van der Waals surface area contributed by atoms with Gasteiger partial charge in [0.15, 0.2) is 0 Å². The molecule has 0 radical (unpaired) electrons. The number of nitrogens with zero attached hydrogens (tertiary/aromatic N) is 1. The quantitative estimate of drug-likeness (QED) is 0.740. The van der Waals surface area contributed by atoms with Gasteiger partial charge in [0.2, 0.25) is 0 Å². The van der Waals surface area contributed by atoms with Gasteiger partial charge in [-0.2, -0.15) is 17.4 Å². The Balaban J connectivity index is 2.51. The molecule has 1 rings (SSSR count). The topological polar surface area (TPSA) is 61.4 Å². The van der Waals surface area contributed by atoms with Gasteiger partial charge >= 0.3 is 0 Å². The molecule has 0 saturated carbocycles. The largest absolute Gasteiger partial charge is 0.319 e. The first-order chi connectivity index (χ1) is 8.90. The summed E-state index contributed by atoms with van der Waals surface area (Å²) in [6.07, 6.45) is 2.87. The lowest BCUT2D eigenvalue weighted by atomic mass is 9.98. The molecular formula is C13H29N3O2S. The molecule has 1 aliphatic rings. The minimum atomic E-state index is -3.31. The lowest BCUT2D eigenvalue weighted by Gasteiger charge is -2.32. The fourth-order valence-corrected chi connectivity index (χ4v) is 3.96. The van der Waals surface area contributed by atoms with Gasteiger partial charge in [-0.3, -0.25) is 0 Å². The fourth-order valence-electron chi connectivity index (χ4n) is 2.42. The Morgan fingerprint density at radius 2 is 1.84 bits per heavy atom. The third kappa shape index (κ3) is 5.02. The van der Waals surface area contributed by atoms with Crippen LogP contribution in [0.5, 0.6) is 0 Å². The predicted octanol–water partition coefficient (Wildman–Crippen LogP) is 1.19. The fraction of sp³-hybridized carbons (Fsp3) is 1.00. The van der Waals surface area contributed by atoms with Crippen LogP contribution in [-0.2, 0) is 10.2 Å². The Labute approximate surface area is 118 Å². The molecule has 114 valence electrons. The van der Waals surface area contributed by atoms with E-state index >= 15 is 0 Å². The zero-order chi connectivity index (χ0) is 14.5. The van der Waals surface area contributed by atoms with Crippen LogP contribution in [0.3, 0.4) is 0 Å². The molecule has 2 atom stereocenters. The molecule has 1 heterocycles. The van der Waals surface area contributed by atoms with Gasteiger partial charge < -0.3 is 5.32 Å². The maximum atomic E-state index is 12.3. The molecule has 0 aliphatic carbocycles. The standard InChI is InChI=1S/C13H29N3O2S/c1-5-11(2)12(3)15-19(17,18)16-8-6-13(7-9-16)10-14-4/h11-15H,5-10H2,1-4H3. The summed E-state index contributed by atoms with van der Waals surface area (Å²) >= 11 is 0. The average Bonchev–Trinajstić information content (AvgIpc) is 2.38. The monoisotopic (exact) mass is 291 g/mol. The van der Waals surface area contributed by atoms with Crippen molar-refractivity contribution in [3.63, 3.8) is 0 Å².